The van der Waals surface area contributed by atoms with E-state index in [1.54, 1.807) is 0 Å². The average Bonchev–Trinajstić information content (AvgIpc) is 3.01. The summed E-state index contributed by atoms with van der Waals surface area (Å²) in [5.74, 6) is 0.171. The zero-order valence-electron chi connectivity index (χ0n) is 15.1. The highest BCUT2D eigenvalue weighted by molar-refractivity contribution is 6.18. The molecular formula is C21H18N4O3. The minimum Gasteiger partial charge on any atom is -0.486 e. The van der Waals surface area contributed by atoms with Crippen molar-refractivity contribution < 1.29 is 14.3 Å². The van der Waals surface area contributed by atoms with Gasteiger partial charge in [0.05, 0.1) is 12.4 Å². The lowest BCUT2D eigenvalue weighted by Gasteiger charge is -2.16. The number of ether oxygens (including phenoxy) is 1. The van der Waals surface area contributed by atoms with Crippen molar-refractivity contribution in [3.8, 4) is 5.75 Å². The monoisotopic (exact) mass is 374 g/mol. The Morgan fingerprint density at radius 1 is 0.857 bits per heavy atom. The molecule has 1 saturated heterocycles. The number of aromatic nitrogens is 2. The van der Waals surface area contributed by atoms with Crippen molar-refractivity contribution in [1.29, 1.82) is 0 Å². The lowest BCUT2D eigenvalue weighted by molar-refractivity contribution is -0.116. The van der Waals surface area contributed by atoms with E-state index >= 15 is 0 Å². The Balaban J connectivity index is 1.42. The van der Waals surface area contributed by atoms with E-state index in [1.165, 1.54) is 17.3 Å². The lowest BCUT2D eigenvalue weighted by Crippen LogP contribution is -2.34. The first kappa shape index (κ1) is 17.7. The van der Waals surface area contributed by atoms with E-state index in [-0.39, 0.29) is 18.4 Å². The van der Waals surface area contributed by atoms with Gasteiger partial charge in [0.2, 0.25) is 5.95 Å². The van der Waals surface area contributed by atoms with Gasteiger partial charge in [-0.25, -0.2) is 14.8 Å². The summed E-state index contributed by atoms with van der Waals surface area (Å²) < 4.78 is 5.64. The van der Waals surface area contributed by atoms with E-state index < -0.39 is 6.03 Å². The van der Waals surface area contributed by atoms with E-state index in [4.69, 9.17) is 4.74 Å². The van der Waals surface area contributed by atoms with Gasteiger partial charge in [-0.2, -0.15) is 4.90 Å². The van der Waals surface area contributed by atoms with Crippen LogP contribution in [0.3, 0.4) is 0 Å². The number of anilines is 1. The molecule has 3 amide bonds. The van der Waals surface area contributed by atoms with Crippen molar-refractivity contribution in [2.75, 3.05) is 11.4 Å². The molecule has 1 aliphatic heterocycles. The summed E-state index contributed by atoms with van der Waals surface area (Å²) in [6, 6.07) is 18.8. The molecule has 4 rings (SSSR count). The second-order valence-electron chi connectivity index (χ2n) is 6.35. The Hall–Kier alpha value is -3.74. The number of rotatable bonds is 6. The molecule has 2 heterocycles. The van der Waals surface area contributed by atoms with Crippen molar-refractivity contribution in [2.24, 2.45) is 0 Å². The summed E-state index contributed by atoms with van der Waals surface area (Å²) in [5, 5.41) is 0. The Morgan fingerprint density at radius 2 is 1.46 bits per heavy atom. The predicted molar refractivity (Wildman–Crippen MR) is 103 cm³/mol. The Kier molecular flexibility index (Phi) is 4.97. The van der Waals surface area contributed by atoms with Crippen LogP contribution in [0.5, 0.6) is 5.75 Å². The van der Waals surface area contributed by atoms with Gasteiger partial charge in [-0.05, 0) is 11.1 Å². The standard InChI is InChI=1S/C21H18N4O3/c26-19-14-24(13-16-7-3-1-4-8-16)21(27)25(19)20-22-11-18(12-23-20)28-15-17-9-5-2-6-10-17/h1-12H,13-15H2. The topological polar surface area (TPSA) is 75.6 Å². The van der Waals surface area contributed by atoms with Crippen LogP contribution in [0.25, 0.3) is 0 Å². The molecule has 0 saturated carbocycles. The molecule has 140 valence electrons. The number of carbonyl (C=O) groups is 2. The molecule has 0 radical (unpaired) electrons. The van der Waals surface area contributed by atoms with Gasteiger partial charge in [0.1, 0.15) is 13.2 Å². The van der Waals surface area contributed by atoms with Crippen LogP contribution in [0.1, 0.15) is 11.1 Å². The zero-order valence-corrected chi connectivity index (χ0v) is 15.1. The minimum absolute atomic E-state index is 0.00332. The summed E-state index contributed by atoms with van der Waals surface area (Å²) in [5.41, 5.74) is 1.98. The molecule has 0 unspecified atom stereocenters. The SMILES string of the molecule is O=C1CN(Cc2ccccc2)C(=O)N1c1ncc(OCc2ccccc2)cn1. The van der Waals surface area contributed by atoms with Gasteiger partial charge in [0.15, 0.2) is 5.75 Å². The molecule has 1 aliphatic rings. The molecular weight excluding hydrogens is 356 g/mol. The average molecular weight is 374 g/mol. The maximum absolute atomic E-state index is 12.6. The minimum atomic E-state index is -0.424. The van der Waals surface area contributed by atoms with Crippen molar-refractivity contribution in [2.45, 2.75) is 13.2 Å². The molecule has 28 heavy (non-hydrogen) atoms. The summed E-state index contributed by atoms with van der Waals surface area (Å²) in [6.45, 7) is 0.750. The maximum Gasteiger partial charge on any atom is 0.334 e. The van der Waals surface area contributed by atoms with Gasteiger partial charge in [-0.15, -0.1) is 0 Å². The predicted octanol–water partition coefficient (Wildman–Crippen LogP) is 3.02. The molecule has 7 nitrogen and oxygen atoms in total. The van der Waals surface area contributed by atoms with Crippen LogP contribution in [0.15, 0.2) is 73.1 Å². The highest BCUT2D eigenvalue weighted by Gasteiger charge is 2.38. The third-order valence-corrected chi connectivity index (χ3v) is 4.32. The van der Waals surface area contributed by atoms with Crippen LogP contribution < -0.4 is 9.64 Å². The molecule has 2 aromatic carbocycles. The van der Waals surface area contributed by atoms with Crippen LogP contribution in [0, 0.1) is 0 Å². The fraction of sp³-hybridized carbons (Fsp3) is 0.143. The fourth-order valence-electron chi connectivity index (χ4n) is 2.91. The molecule has 0 atom stereocenters. The number of benzene rings is 2. The van der Waals surface area contributed by atoms with Crippen LogP contribution in [-0.2, 0) is 17.9 Å². The van der Waals surface area contributed by atoms with Gasteiger partial charge in [-0.1, -0.05) is 60.7 Å². The van der Waals surface area contributed by atoms with Crippen LogP contribution >= 0.6 is 0 Å². The molecule has 7 heteroatoms. The molecule has 0 bridgehead atoms. The van der Waals surface area contributed by atoms with E-state index in [0.717, 1.165) is 16.0 Å². The van der Waals surface area contributed by atoms with Crippen LogP contribution in [0.4, 0.5) is 10.7 Å². The smallest absolute Gasteiger partial charge is 0.334 e. The van der Waals surface area contributed by atoms with Crippen LogP contribution in [-0.4, -0.2) is 33.4 Å². The second-order valence-corrected chi connectivity index (χ2v) is 6.35. The molecule has 3 aromatic rings. The molecule has 0 N–H and O–H groups in total. The summed E-state index contributed by atoms with van der Waals surface area (Å²) in [7, 11) is 0. The highest BCUT2D eigenvalue weighted by atomic mass is 16.5. The van der Waals surface area contributed by atoms with Crippen molar-refractivity contribution in [1.82, 2.24) is 14.9 Å². The maximum atomic E-state index is 12.6. The number of carbonyl (C=O) groups excluding carboxylic acids is 2. The second kappa shape index (κ2) is 7.87. The first-order chi connectivity index (χ1) is 13.7. The van der Waals surface area contributed by atoms with Gasteiger partial charge in [0, 0.05) is 6.54 Å². The van der Waals surface area contributed by atoms with Crippen molar-refractivity contribution >= 4 is 17.9 Å². The molecule has 1 fully saturated rings. The van der Waals surface area contributed by atoms with E-state index in [2.05, 4.69) is 9.97 Å². The molecule has 1 aromatic heterocycles. The first-order valence-corrected chi connectivity index (χ1v) is 8.85. The largest absolute Gasteiger partial charge is 0.486 e. The van der Waals surface area contributed by atoms with E-state index in [0.29, 0.717) is 18.9 Å². The third-order valence-electron chi connectivity index (χ3n) is 4.32. The number of imide groups is 1. The summed E-state index contributed by atoms with van der Waals surface area (Å²) in [6.07, 6.45) is 2.93. The van der Waals surface area contributed by atoms with Crippen LogP contribution in [0.2, 0.25) is 0 Å². The third kappa shape index (κ3) is 3.83. The number of amides is 3. The number of nitrogens with zero attached hydrogens (tertiary/aromatic N) is 4. The summed E-state index contributed by atoms with van der Waals surface area (Å²) in [4.78, 5) is 35.7. The molecule has 0 spiro atoms. The quantitative estimate of drug-likeness (QED) is 0.620. The number of hydrogen-bond acceptors (Lipinski definition) is 5. The normalized spacial score (nSPS) is 13.9. The van der Waals surface area contributed by atoms with E-state index in [9.17, 15) is 9.59 Å². The Labute approximate surface area is 162 Å². The van der Waals surface area contributed by atoms with Crippen molar-refractivity contribution in [3.05, 3.63) is 84.2 Å². The highest BCUT2D eigenvalue weighted by Crippen LogP contribution is 2.20. The number of urea groups is 1. The van der Waals surface area contributed by atoms with E-state index in [1.807, 2.05) is 60.7 Å². The van der Waals surface area contributed by atoms with Gasteiger partial charge >= 0.3 is 6.03 Å². The lowest BCUT2D eigenvalue weighted by atomic mass is 10.2. The summed E-state index contributed by atoms with van der Waals surface area (Å²) >= 11 is 0. The van der Waals surface area contributed by atoms with Gasteiger partial charge in [-0.3, -0.25) is 4.79 Å². The number of hydrogen-bond donors (Lipinski definition) is 0. The van der Waals surface area contributed by atoms with Gasteiger partial charge in [0.25, 0.3) is 5.91 Å². The Bertz CT molecular complexity index is 962. The van der Waals surface area contributed by atoms with Crippen molar-refractivity contribution in [3.63, 3.8) is 0 Å². The molecule has 0 aliphatic carbocycles. The fourth-order valence-corrected chi connectivity index (χ4v) is 2.91. The zero-order chi connectivity index (χ0) is 19.3. The Morgan fingerprint density at radius 3 is 2.11 bits per heavy atom. The van der Waals surface area contributed by atoms with Gasteiger partial charge < -0.3 is 9.64 Å². The first-order valence-electron chi connectivity index (χ1n) is 8.85.